The van der Waals surface area contributed by atoms with Gasteiger partial charge >= 0.3 is 6.03 Å². The van der Waals surface area contributed by atoms with Crippen LogP contribution in [0.2, 0.25) is 0 Å². The largest absolute Gasteiger partial charge is 0.455 e. The summed E-state index contributed by atoms with van der Waals surface area (Å²) in [6.45, 7) is 0.150. The van der Waals surface area contributed by atoms with E-state index in [9.17, 15) is 9.18 Å². The Hall–Kier alpha value is -3.42. The summed E-state index contributed by atoms with van der Waals surface area (Å²) in [7, 11) is 1.73. The van der Waals surface area contributed by atoms with Crippen LogP contribution in [0.1, 0.15) is 5.82 Å². The quantitative estimate of drug-likeness (QED) is 0.747. The van der Waals surface area contributed by atoms with Gasteiger partial charge in [-0.05, 0) is 24.3 Å². The van der Waals surface area contributed by atoms with Gasteiger partial charge in [-0.1, -0.05) is 18.2 Å². The summed E-state index contributed by atoms with van der Waals surface area (Å²) in [5.41, 5.74) is 0.218. The third kappa shape index (κ3) is 4.54. The van der Waals surface area contributed by atoms with Gasteiger partial charge in [0.05, 0.1) is 12.2 Å². The molecule has 3 rings (SSSR count). The summed E-state index contributed by atoms with van der Waals surface area (Å²) >= 11 is 0. The number of anilines is 1. The minimum absolute atomic E-state index is 0.150. The van der Waals surface area contributed by atoms with E-state index in [0.29, 0.717) is 17.3 Å². The number of ether oxygens (including phenoxy) is 1. The molecule has 1 heterocycles. The standard InChI is InChI=1S/C17H16FN5O2/c1-23-11-20-16(22-23)10-19-17(24)21-14-9-12(18)7-8-15(14)25-13-5-3-2-4-6-13/h2-9,11H,10H2,1H3,(H2,19,21,24). The maximum Gasteiger partial charge on any atom is 0.319 e. The van der Waals surface area contributed by atoms with Crippen molar-refractivity contribution < 1.29 is 13.9 Å². The molecule has 2 amide bonds. The number of nitrogens with one attached hydrogen (secondary N) is 2. The second-order valence-corrected chi connectivity index (χ2v) is 5.20. The lowest BCUT2D eigenvalue weighted by Crippen LogP contribution is -2.28. The van der Waals surface area contributed by atoms with Gasteiger partial charge in [-0.3, -0.25) is 4.68 Å². The molecule has 7 nitrogen and oxygen atoms in total. The molecule has 0 radical (unpaired) electrons. The highest BCUT2D eigenvalue weighted by atomic mass is 19.1. The van der Waals surface area contributed by atoms with Gasteiger partial charge in [-0.15, -0.1) is 0 Å². The van der Waals surface area contributed by atoms with Crippen molar-refractivity contribution in [2.75, 3.05) is 5.32 Å². The normalized spacial score (nSPS) is 10.3. The van der Waals surface area contributed by atoms with Gasteiger partial charge < -0.3 is 15.4 Å². The number of halogens is 1. The topological polar surface area (TPSA) is 81.1 Å². The number of rotatable bonds is 5. The second kappa shape index (κ2) is 7.43. The van der Waals surface area contributed by atoms with Crippen LogP contribution in [0.25, 0.3) is 0 Å². The van der Waals surface area contributed by atoms with Crippen LogP contribution in [0.15, 0.2) is 54.9 Å². The van der Waals surface area contributed by atoms with Crippen LogP contribution in [-0.2, 0) is 13.6 Å². The smallest absolute Gasteiger partial charge is 0.319 e. The van der Waals surface area contributed by atoms with Gasteiger partial charge in [0.2, 0.25) is 0 Å². The first kappa shape index (κ1) is 16.4. The van der Waals surface area contributed by atoms with E-state index in [-0.39, 0.29) is 12.2 Å². The predicted molar refractivity (Wildman–Crippen MR) is 89.8 cm³/mol. The Morgan fingerprint density at radius 1 is 1.24 bits per heavy atom. The van der Waals surface area contributed by atoms with Crippen molar-refractivity contribution in [3.8, 4) is 11.5 Å². The third-order valence-electron chi connectivity index (χ3n) is 3.21. The van der Waals surface area contributed by atoms with E-state index < -0.39 is 11.8 Å². The highest BCUT2D eigenvalue weighted by Gasteiger charge is 2.11. The molecule has 3 aromatic rings. The molecule has 0 spiro atoms. The van der Waals surface area contributed by atoms with Crippen LogP contribution in [-0.4, -0.2) is 20.8 Å². The van der Waals surface area contributed by atoms with Crippen LogP contribution in [0.5, 0.6) is 11.5 Å². The number of aryl methyl sites for hydroxylation is 1. The highest BCUT2D eigenvalue weighted by Crippen LogP contribution is 2.30. The van der Waals surface area contributed by atoms with Gasteiger partial charge in [0, 0.05) is 13.1 Å². The molecule has 0 saturated heterocycles. The molecule has 0 aliphatic rings. The minimum Gasteiger partial charge on any atom is -0.455 e. The highest BCUT2D eigenvalue weighted by molar-refractivity contribution is 5.90. The lowest BCUT2D eigenvalue weighted by Gasteiger charge is -2.12. The molecule has 0 aliphatic heterocycles. The lowest BCUT2D eigenvalue weighted by molar-refractivity contribution is 0.251. The average Bonchev–Trinajstić information content (AvgIpc) is 3.02. The summed E-state index contributed by atoms with van der Waals surface area (Å²) < 4.78 is 20.8. The van der Waals surface area contributed by atoms with Crippen molar-refractivity contribution in [3.63, 3.8) is 0 Å². The molecule has 0 saturated carbocycles. The maximum absolute atomic E-state index is 13.5. The maximum atomic E-state index is 13.5. The Morgan fingerprint density at radius 3 is 2.76 bits per heavy atom. The molecule has 0 atom stereocenters. The Kier molecular flexibility index (Phi) is 4.89. The summed E-state index contributed by atoms with van der Waals surface area (Å²) in [6, 6.07) is 12.4. The van der Waals surface area contributed by atoms with Gasteiger partial charge in [0.15, 0.2) is 11.6 Å². The van der Waals surface area contributed by atoms with Gasteiger partial charge in [0.1, 0.15) is 17.9 Å². The van der Waals surface area contributed by atoms with E-state index in [1.165, 1.54) is 29.2 Å². The van der Waals surface area contributed by atoms with E-state index in [2.05, 4.69) is 20.7 Å². The lowest BCUT2D eigenvalue weighted by atomic mass is 10.2. The van der Waals surface area contributed by atoms with E-state index in [4.69, 9.17) is 4.74 Å². The van der Waals surface area contributed by atoms with Crippen molar-refractivity contribution in [1.29, 1.82) is 0 Å². The summed E-state index contributed by atoms with van der Waals surface area (Å²) in [6.07, 6.45) is 1.54. The molecule has 25 heavy (non-hydrogen) atoms. The molecule has 128 valence electrons. The monoisotopic (exact) mass is 341 g/mol. The van der Waals surface area contributed by atoms with Crippen LogP contribution < -0.4 is 15.4 Å². The van der Waals surface area contributed by atoms with Gasteiger partial charge in [-0.2, -0.15) is 5.10 Å². The molecular weight excluding hydrogens is 325 g/mol. The van der Waals surface area contributed by atoms with Crippen molar-refractivity contribution >= 4 is 11.7 Å². The fourth-order valence-electron chi connectivity index (χ4n) is 2.10. The van der Waals surface area contributed by atoms with Crippen molar-refractivity contribution in [1.82, 2.24) is 20.1 Å². The average molecular weight is 341 g/mol. The predicted octanol–water partition coefficient (Wildman–Crippen LogP) is 3.07. The van der Waals surface area contributed by atoms with Crippen LogP contribution in [0.3, 0.4) is 0 Å². The zero-order chi connectivity index (χ0) is 17.6. The summed E-state index contributed by atoms with van der Waals surface area (Å²) in [5.74, 6) is 0.897. The Bertz CT molecular complexity index is 866. The molecule has 0 fully saturated rings. The van der Waals surface area contributed by atoms with Crippen molar-refractivity contribution in [3.05, 3.63) is 66.5 Å². The van der Waals surface area contributed by atoms with Crippen LogP contribution >= 0.6 is 0 Å². The number of benzene rings is 2. The summed E-state index contributed by atoms with van der Waals surface area (Å²) in [5, 5.41) is 9.23. The first-order valence-electron chi connectivity index (χ1n) is 7.52. The molecule has 8 heteroatoms. The number of para-hydroxylation sites is 1. The molecule has 0 aliphatic carbocycles. The summed E-state index contributed by atoms with van der Waals surface area (Å²) in [4.78, 5) is 16.1. The molecular formula is C17H16FN5O2. The number of carbonyl (C=O) groups excluding carboxylic acids is 1. The Labute approximate surface area is 143 Å². The van der Waals surface area contributed by atoms with E-state index in [1.54, 1.807) is 19.2 Å². The fraction of sp³-hybridized carbons (Fsp3) is 0.118. The SMILES string of the molecule is Cn1cnc(CNC(=O)Nc2cc(F)ccc2Oc2ccccc2)n1. The number of aromatic nitrogens is 3. The molecule has 2 N–H and O–H groups in total. The number of carbonyl (C=O) groups is 1. The first-order chi connectivity index (χ1) is 12.1. The Balaban J connectivity index is 1.68. The van der Waals surface area contributed by atoms with Crippen LogP contribution in [0.4, 0.5) is 14.9 Å². The number of hydrogen-bond donors (Lipinski definition) is 2. The molecule has 0 unspecified atom stereocenters. The number of hydrogen-bond acceptors (Lipinski definition) is 4. The van der Waals surface area contributed by atoms with E-state index >= 15 is 0 Å². The number of nitrogens with zero attached hydrogens (tertiary/aromatic N) is 3. The number of amides is 2. The minimum atomic E-state index is -0.518. The van der Waals surface area contributed by atoms with E-state index in [1.807, 2.05) is 18.2 Å². The number of urea groups is 1. The Morgan fingerprint density at radius 2 is 2.04 bits per heavy atom. The second-order valence-electron chi connectivity index (χ2n) is 5.20. The van der Waals surface area contributed by atoms with E-state index in [0.717, 1.165) is 0 Å². The molecule has 0 bridgehead atoms. The van der Waals surface area contributed by atoms with Gasteiger partial charge in [0.25, 0.3) is 0 Å². The first-order valence-corrected chi connectivity index (χ1v) is 7.52. The zero-order valence-corrected chi connectivity index (χ0v) is 13.4. The third-order valence-corrected chi connectivity index (χ3v) is 3.21. The molecule has 2 aromatic carbocycles. The van der Waals surface area contributed by atoms with Crippen molar-refractivity contribution in [2.45, 2.75) is 6.54 Å². The van der Waals surface area contributed by atoms with Gasteiger partial charge in [-0.25, -0.2) is 14.2 Å². The molecule has 1 aromatic heterocycles. The van der Waals surface area contributed by atoms with Crippen LogP contribution in [0, 0.1) is 5.82 Å². The van der Waals surface area contributed by atoms with Crippen molar-refractivity contribution in [2.24, 2.45) is 7.05 Å². The fourth-order valence-corrected chi connectivity index (χ4v) is 2.10. The zero-order valence-electron chi connectivity index (χ0n) is 13.4.